The number of ether oxygens (including phenoxy) is 3. The summed E-state index contributed by atoms with van der Waals surface area (Å²) >= 11 is 0. The van der Waals surface area contributed by atoms with Crippen LogP contribution in [-0.4, -0.2) is 118 Å². The molecule has 1 aliphatic rings. The van der Waals surface area contributed by atoms with E-state index in [4.69, 9.17) is 9.47 Å². The van der Waals surface area contributed by atoms with E-state index < -0.39 is 17.2 Å². The molecule has 0 atom stereocenters. The minimum atomic E-state index is -0.554. The van der Waals surface area contributed by atoms with Crippen molar-refractivity contribution in [3.63, 3.8) is 0 Å². The number of aromatic nitrogens is 3. The van der Waals surface area contributed by atoms with Crippen molar-refractivity contribution < 1.29 is 28.6 Å². The van der Waals surface area contributed by atoms with E-state index >= 15 is 0 Å². The van der Waals surface area contributed by atoms with Gasteiger partial charge in [-0.05, 0) is 41.5 Å². The predicted octanol–water partition coefficient (Wildman–Crippen LogP) is 1.58. The van der Waals surface area contributed by atoms with Crippen LogP contribution in [0.25, 0.3) is 0 Å². The van der Waals surface area contributed by atoms with E-state index in [1.165, 1.54) is 11.8 Å². The molecule has 0 N–H and O–H groups in total. The number of carbonyl (C=O) groups excluding carboxylic acids is 3. The van der Waals surface area contributed by atoms with E-state index in [0.717, 1.165) is 5.69 Å². The fourth-order valence-corrected chi connectivity index (χ4v) is 3.69. The first kappa shape index (κ1) is 33.5. The van der Waals surface area contributed by atoms with Crippen LogP contribution in [0.3, 0.4) is 0 Å². The molecule has 38 heavy (non-hydrogen) atoms. The summed E-state index contributed by atoms with van der Waals surface area (Å²) in [4.78, 5) is 42.8. The molecule has 0 aliphatic carbocycles. The Bertz CT molecular complexity index is 834. The van der Waals surface area contributed by atoms with Crippen LogP contribution in [0, 0.1) is 0 Å². The number of rotatable bonds is 8. The van der Waals surface area contributed by atoms with Gasteiger partial charge in [0, 0.05) is 45.8 Å². The van der Waals surface area contributed by atoms with Crippen molar-refractivity contribution in [3.8, 4) is 0 Å². The molecule has 0 aromatic carbocycles. The van der Waals surface area contributed by atoms with Gasteiger partial charge in [0.1, 0.15) is 17.7 Å². The zero-order chi connectivity index (χ0) is 28.9. The van der Waals surface area contributed by atoms with Crippen molar-refractivity contribution in [1.82, 2.24) is 29.7 Å². The van der Waals surface area contributed by atoms with Gasteiger partial charge in [-0.1, -0.05) is 19.1 Å². The van der Waals surface area contributed by atoms with Crippen LogP contribution < -0.4 is 0 Å². The maximum Gasteiger partial charge on any atom is 0.327 e. The molecule has 0 radical (unpaired) electrons. The molecule has 0 unspecified atom stereocenters. The molecular weight excluding hydrogens is 492 g/mol. The fourth-order valence-electron chi connectivity index (χ4n) is 3.69. The number of hydrogen-bond acceptors (Lipinski definition) is 11. The smallest absolute Gasteiger partial charge is 0.327 e. The zero-order valence-corrected chi connectivity index (χ0v) is 24.8. The monoisotopic (exact) mass is 540 g/mol. The highest BCUT2D eigenvalue weighted by Crippen LogP contribution is 2.11. The van der Waals surface area contributed by atoms with Crippen molar-refractivity contribution in [2.24, 2.45) is 0 Å². The van der Waals surface area contributed by atoms with Gasteiger partial charge in [0.2, 0.25) is 0 Å². The van der Waals surface area contributed by atoms with E-state index in [0.29, 0.717) is 45.8 Å². The Morgan fingerprint density at radius 2 is 1.16 bits per heavy atom. The van der Waals surface area contributed by atoms with Gasteiger partial charge in [-0.15, -0.1) is 5.10 Å². The Hall–Kier alpha value is -2.57. The zero-order valence-electron chi connectivity index (χ0n) is 24.8. The second-order valence-electron chi connectivity index (χ2n) is 11.0. The summed E-state index contributed by atoms with van der Waals surface area (Å²) in [5, 5.41) is 8.18. The van der Waals surface area contributed by atoms with Crippen LogP contribution >= 0.6 is 0 Å². The highest BCUT2D eigenvalue weighted by molar-refractivity contribution is 5.72. The Morgan fingerprint density at radius 1 is 0.737 bits per heavy atom. The van der Waals surface area contributed by atoms with E-state index in [1.54, 1.807) is 6.20 Å². The van der Waals surface area contributed by atoms with Crippen LogP contribution in [0.1, 0.15) is 61.1 Å². The molecule has 1 aromatic heterocycles. The van der Waals surface area contributed by atoms with E-state index in [-0.39, 0.29) is 31.6 Å². The lowest BCUT2D eigenvalue weighted by Crippen LogP contribution is -2.42. The molecule has 12 nitrogen and oxygen atoms in total. The molecular formula is C26H48N6O6. The summed E-state index contributed by atoms with van der Waals surface area (Å²) in [6.07, 6.45) is 1.72. The third-order valence-electron chi connectivity index (χ3n) is 5.23. The molecule has 0 bridgehead atoms. The van der Waals surface area contributed by atoms with Gasteiger partial charge in [0.25, 0.3) is 0 Å². The standard InChI is InChI=1S/C24H42N6O6.C2H6/c1-23(2,3)35-21(32)16-28-10-8-27(14-19-15-30(26-25-19)18-20(31)34-7)9-11-29(13-12-28)17-22(33)36-24(4,5)6;1-2/h15H,8-14,16-18H2,1-7H3;1-2H3. The molecule has 1 aliphatic heterocycles. The maximum atomic E-state index is 12.5. The third-order valence-corrected chi connectivity index (χ3v) is 5.23. The van der Waals surface area contributed by atoms with Gasteiger partial charge in [0.05, 0.1) is 32.1 Å². The quantitative estimate of drug-likeness (QED) is 0.353. The average Bonchev–Trinajstić information content (AvgIpc) is 3.25. The fraction of sp³-hybridized carbons (Fsp3) is 0.808. The largest absolute Gasteiger partial charge is 0.468 e. The number of carbonyl (C=O) groups is 3. The van der Waals surface area contributed by atoms with Crippen LogP contribution in [0.5, 0.6) is 0 Å². The van der Waals surface area contributed by atoms with Gasteiger partial charge >= 0.3 is 17.9 Å². The van der Waals surface area contributed by atoms with Gasteiger partial charge in [0.15, 0.2) is 0 Å². The van der Waals surface area contributed by atoms with Crippen molar-refractivity contribution in [2.45, 2.75) is 79.7 Å². The van der Waals surface area contributed by atoms with Crippen LogP contribution in [0.15, 0.2) is 6.20 Å². The second-order valence-corrected chi connectivity index (χ2v) is 11.0. The number of nitrogens with zero attached hydrogens (tertiary/aromatic N) is 6. The highest BCUT2D eigenvalue weighted by atomic mass is 16.6. The summed E-state index contributed by atoms with van der Waals surface area (Å²) in [5.74, 6) is -0.958. The SMILES string of the molecule is CC.COC(=O)Cn1cc(CN2CCN(CC(=O)OC(C)(C)C)CCN(CC(=O)OC(C)(C)C)CC2)nn1. The highest BCUT2D eigenvalue weighted by Gasteiger charge is 2.24. The average molecular weight is 541 g/mol. The maximum absolute atomic E-state index is 12.5. The lowest BCUT2D eigenvalue weighted by Gasteiger charge is -2.27. The number of methoxy groups -OCH3 is 1. The summed E-state index contributed by atoms with van der Waals surface area (Å²) < 4.78 is 17.2. The summed E-state index contributed by atoms with van der Waals surface area (Å²) in [7, 11) is 1.33. The number of esters is 3. The Kier molecular flexibility index (Phi) is 13.9. The first-order valence-electron chi connectivity index (χ1n) is 13.3. The minimum Gasteiger partial charge on any atom is -0.468 e. The third kappa shape index (κ3) is 14.4. The van der Waals surface area contributed by atoms with Crippen molar-refractivity contribution >= 4 is 17.9 Å². The molecule has 1 aromatic rings. The van der Waals surface area contributed by atoms with Crippen molar-refractivity contribution in [3.05, 3.63) is 11.9 Å². The Labute approximate surface area is 227 Å². The minimum absolute atomic E-state index is 0.00314. The molecule has 218 valence electrons. The number of hydrogen-bond donors (Lipinski definition) is 0. The molecule has 2 rings (SSSR count). The molecule has 2 heterocycles. The Balaban J connectivity index is 0.00000352. The van der Waals surface area contributed by atoms with Gasteiger partial charge in [-0.2, -0.15) is 0 Å². The molecule has 0 saturated carbocycles. The molecule has 0 amide bonds. The van der Waals surface area contributed by atoms with E-state index in [2.05, 4.69) is 19.9 Å². The van der Waals surface area contributed by atoms with Crippen molar-refractivity contribution in [2.75, 3.05) is 59.5 Å². The summed E-state index contributed by atoms with van der Waals surface area (Å²) in [6, 6.07) is 0. The van der Waals surface area contributed by atoms with Crippen molar-refractivity contribution in [1.29, 1.82) is 0 Å². The summed E-state index contributed by atoms with van der Waals surface area (Å²) in [6.45, 7) is 19.8. The molecule has 12 heteroatoms. The molecule has 0 spiro atoms. The lowest BCUT2D eigenvalue weighted by atomic mass is 10.2. The van der Waals surface area contributed by atoms with Crippen LogP contribution in [0.2, 0.25) is 0 Å². The molecule has 1 fully saturated rings. The van der Waals surface area contributed by atoms with E-state index in [9.17, 15) is 14.4 Å². The van der Waals surface area contributed by atoms with Gasteiger partial charge in [-0.25, -0.2) is 4.68 Å². The second kappa shape index (κ2) is 15.7. The predicted molar refractivity (Wildman–Crippen MR) is 143 cm³/mol. The summed E-state index contributed by atoms with van der Waals surface area (Å²) in [5.41, 5.74) is -0.390. The lowest BCUT2D eigenvalue weighted by molar-refractivity contribution is -0.158. The normalized spacial score (nSPS) is 16.3. The van der Waals surface area contributed by atoms with Crippen LogP contribution in [0.4, 0.5) is 0 Å². The Morgan fingerprint density at radius 3 is 1.55 bits per heavy atom. The van der Waals surface area contributed by atoms with Crippen LogP contribution in [-0.2, 0) is 41.7 Å². The first-order chi connectivity index (χ1) is 17.7. The first-order valence-corrected chi connectivity index (χ1v) is 13.3. The van der Waals surface area contributed by atoms with Gasteiger partial charge in [-0.3, -0.25) is 29.1 Å². The van der Waals surface area contributed by atoms with Gasteiger partial charge < -0.3 is 14.2 Å². The topological polar surface area (TPSA) is 119 Å². The van der Waals surface area contributed by atoms with E-state index in [1.807, 2.05) is 65.2 Å². The molecule has 1 saturated heterocycles.